The normalized spacial score (nSPS) is 15.1. The average molecular weight is 177 g/mol. The number of hydrogen-bond acceptors (Lipinski definition) is 3. The molecule has 1 aromatic rings. The van der Waals surface area contributed by atoms with Crippen LogP contribution in [0.2, 0.25) is 0 Å². The van der Waals surface area contributed by atoms with Crippen LogP contribution in [-0.4, -0.2) is 15.9 Å². The van der Waals surface area contributed by atoms with Gasteiger partial charge in [0.15, 0.2) is 0 Å². The maximum atomic E-state index is 11.0. The summed E-state index contributed by atoms with van der Waals surface area (Å²) in [5, 5.41) is 0. The van der Waals surface area contributed by atoms with Gasteiger partial charge >= 0.3 is 0 Å². The summed E-state index contributed by atoms with van der Waals surface area (Å²) in [7, 11) is 0. The van der Waals surface area contributed by atoms with Gasteiger partial charge in [0.1, 0.15) is 12.0 Å². The van der Waals surface area contributed by atoms with Crippen LogP contribution in [0.15, 0.2) is 6.33 Å². The van der Waals surface area contributed by atoms with Crippen molar-refractivity contribution >= 4 is 5.91 Å². The number of nitrogens with two attached hydrogens (primary N) is 1. The lowest BCUT2D eigenvalue weighted by Crippen LogP contribution is -2.19. The molecule has 13 heavy (non-hydrogen) atoms. The minimum Gasteiger partial charge on any atom is -0.364 e. The molecule has 68 valence electrons. The second-order valence-corrected chi connectivity index (χ2v) is 3.22. The van der Waals surface area contributed by atoms with Gasteiger partial charge in [-0.3, -0.25) is 4.79 Å². The van der Waals surface area contributed by atoms with Gasteiger partial charge in [-0.15, -0.1) is 0 Å². The average Bonchev–Trinajstić information content (AvgIpc) is 2.17. The van der Waals surface area contributed by atoms with Crippen molar-refractivity contribution in [2.24, 2.45) is 5.73 Å². The molecule has 1 heterocycles. The van der Waals surface area contributed by atoms with E-state index >= 15 is 0 Å². The minimum absolute atomic E-state index is 0.407. The predicted molar refractivity (Wildman–Crippen MR) is 47.2 cm³/mol. The third-order valence-electron chi connectivity index (χ3n) is 2.36. The van der Waals surface area contributed by atoms with Crippen LogP contribution < -0.4 is 5.73 Å². The van der Waals surface area contributed by atoms with Gasteiger partial charge in [0.2, 0.25) is 0 Å². The zero-order chi connectivity index (χ0) is 9.26. The number of aromatic nitrogens is 2. The van der Waals surface area contributed by atoms with Gasteiger partial charge in [0, 0.05) is 11.3 Å². The molecule has 4 nitrogen and oxygen atoms in total. The van der Waals surface area contributed by atoms with Crippen molar-refractivity contribution in [1.82, 2.24) is 9.97 Å². The van der Waals surface area contributed by atoms with Crippen molar-refractivity contribution in [3.8, 4) is 0 Å². The Morgan fingerprint density at radius 3 is 2.85 bits per heavy atom. The van der Waals surface area contributed by atoms with E-state index in [4.69, 9.17) is 5.73 Å². The van der Waals surface area contributed by atoms with E-state index < -0.39 is 5.91 Å². The number of primary amides is 1. The lowest BCUT2D eigenvalue weighted by atomic mass is 9.94. The summed E-state index contributed by atoms with van der Waals surface area (Å²) in [6.45, 7) is 0. The number of aryl methyl sites for hydroxylation is 1. The van der Waals surface area contributed by atoms with Crippen molar-refractivity contribution in [2.75, 3.05) is 0 Å². The zero-order valence-corrected chi connectivity index (χ0v) is 7.29. The maximum absolute atomic E-state index is 11.0. The first kappa shape index (κ1) is 8.16. The van der Waals surface area contributed by atoms with Crippen LogP contribution in [-0.2, 0) is 12.8 Å². The summed E-state index contributed by atoms with van der Waals surface area (Å²) in [4.78, 5) is 19.1. The van der Waals surface area contributed by atoms with Crippen molar-refractivity contribution < 1.29 is 4.79 Å². The molecular weight excluding hydrogens is 166 g/mol. The van der Waals surface area contributed by atoms with E-state index in [9.17, 15) is 4.79 Å². The van der Waals surface area contributed by atoms with Crippen molar-refractivity contribution in [3.05, 3.63) is 23.3 Å². The minimum atomic E-state index is -0.444. The van der Waals surface area contributed by atoms with Crippen molar-refractivity contribution in [1.29, 1.82) is 0 Å². The summed E-state index contributed by atoms with van der Waals surface area (Å²) in [6.07, 6.45) is 5.49. The van der Waals surface area contributed by atoms with Crippen molar-refractivity contribution in [3.63, 3.8) is 0 Å². The standard InChI is InChI=1S/C9H11N3O/c10-9(13)8-6-3-1-2-4-7(6)11-5-12-8/h5H,1-4H2,(H2,10,13). The molecule has 0 aliphatic heterocycles. The first-order chi connectivity index (χ1) is 6.29. The first-order valence-electron chi connectivity index (χ1n) is 4.41. The van der Waals surface area contributed by atoms with E-state index in [1.165, 1.54) is 6.33 Å². The molecule has 2 N–H and O–H groups in total. The number of rotatable bonds is 1. The van der Waals surface area contributed by atoms with Crippen LogP contribution in [0, 0.1) is 0 Å². The first-order valence-corrected chi connectivity index (χ1v) is 4.41. The van der Waals surface area contributed by atoms with Crippen LogP contribution in [0.3, 0.4) is 0 Å². The number of nitrogens with zero attached hydrogens (tertiary/aromatic N) is 2. The highest BCUT2D eigenvalue weighted by Gasteiger charge is 2.17. The van der Waals surface area contributed by atoms with E-state index in [1.54, 1.807) is 0 Å². The lowest BCUT2D eigenvalue weighted by Gasteiger charge is -2.15. The molecule has 1 aliphatic rings. The van der Waals surface area contributed by atoms with Gasteiger partial charge < -0.3 is 5.73 Å². The summed E-state index contributed by atoms with van der Waals surface area (Å²) in [6, 6.07) is 0. The molecule has 2 rings (SSSR count). The summed E-state index contributed by atoms with van der Waals surface area (Å²) < 4.78 is 0. The highest BCUT2D eigenvalue weighted by atomic mass is 16.1. The molecule has 0 radical (unpaired) electrons. The third kappa shape index (κ3) is 1.39. The molecule has 0 atom stereocenters. The Kier molecular flexibility index (Phi) is 1.96. The Morgan fingerprint density at radius 2 is 2.08 bits per heavy atom. The van der Waals surface area contributed by atoms with Gasteiger partial charge in [-0.1, -0.05) is 0 Å². The molecule has 4 heteroatoms. The predicted octanol–water partition coefficient (Wildman–Crippen LogP) is 0.454. The summed E-state index contributed by atoms with van der Waals surface area (Å²) in [5.41, 5.74) is 7.57. The Labute approximate surface area is 76.2 Å². The Balaban J connectivity index is 2.52. The van der Waals surface area contributed by atoms with Crippen LogP contribution in [0.1, 0.15) is 34.6 Å². The van der Waals surface area contributed by atoms with Gasteiger partial charge in [0.05, 0.1) is 0 Å². The summed E-state index contributed by atoms with van der Waals surface area (Å²) >= 11 is 0. The van der Waals surface area contributed by atoms with E-state index in [2.05, 4.69) is 9.97 Å². The molecule has 0 aromatic carbocycles. The molecule has 0 unspecified atom stereocenters. The van der Waals surface area contributed by atoms with Gasteiger partial charge in [0.25, 0.3) is 5.91 Å². The topological polar surface area (TPSA) is 68.9 Å². The number of hydrogen-bond donors (Lipinski definition) is 1. The Bertz CT molecular complexity index is 349. The molecule has 1 aromatic heterocycles. The van der Waals surface area contributed by atoms with Gasteiger partial charge in [-0.05, 0) is 25.7 Å². The molecular formula is C9H11N3O. The summed E-state index contributed by atoms with van der Waals surface area (Å²) in [5.74, 6) is -0.444. The molecule has 1 aliphatic carbocycles. The largest absolute Gasteiger partial charge is 0.364 e. The monoisotopic (exact) mass is 177 g/mol. The van der Waals surface area contributed by atoms with E-state index in [0.29, 0.717) is 5.69 Å². The van der Waals surface area contributed by atoms with Crippen LogP contribution in [0.5, 0.6) is 0 Å². The molecule has 0 fully saturated rings. The molecule has 0 spiro atoms. The quantitative estimate of drug-likeness (QED) is 0.677. The number of carbonyl (C=O) groups excluding carboxylic acids is 1. The Morgan fingerprint density at radius 1 is 1.31 bits per heavy atom. The van der Waals surface area contributed by atoms with E-state index in [-0.39, 0.29) is 0 Å². The van der Waals surface area contributed by atoms with Gasteiger partial charge in [-0.2, -0.15) is 0 Å². The van der Waals surface area contributed by atoms with Crippen molar-refractivity contribution in [2.45, 2.75) is 25.7 Å². The highest BCUT2D eigenvalue weighted by molar-refractivity contribution is 5.92. The highest BCUT2D eigenvalue weighted by Crippen LogP contribution is 2.20. The fourth-order valence-electron chi connectivity index (χ4n) is 1.73. The fraction of sp³-hybridized carbons (Fsp3) is 0.444. The molecule has 0 saturated heterocycles. The smallest absolute Gasteiger partial charge is 0.267 e. The second-order valence-electron chi connectivity index (χ2n) is 3.22. The van der Waals surface area contributed by atoms with Crippen LogP contribution in [0.4, 0.5) is 0 Å². The molecule has 0 bridgehead atoms. The molecule has 0 saturated carbocycles. The fourth-order valence-corrected chi connectivity index (χ4v) is 1.73. The van der Waals surface area contributed by atoms with Crippen LogP contribution in [0.25, 0.3) is 0 Å². The maximum Gasteiger partial charge on any atom is 0.267 e. The van der Waals surface area contributed by atoms with E-state index in [1.807, 2.05) is 0 Å². The molecule has 1 amide bonds. The van der Waals surface area contributed by atoms with Gasteiger partial charge in [-0.25, -0.2) is 9.97 Å². The third-order valence-corrected chi connectivity index (χ3v) is 2.36. The second kappa shape index (κ2) is 3.12. The zero-order valence-electron chi connectivity index (χ0n) is 7.29. The Hall–Kier alpha value is -1.45. The number of fused-ring (bicyclic) bond motifs is 1. The van der Waals surface area contributed by atoms with E-state index in [0.717, 1.165) is 36.9 Å². The SMILES string of the molecule is NC(=O)c1ncnc2c1CCCC2. The van der Waals surface area contributed by atoms with Crippen LogP contribution >= 0.6 is 0 Å². The lowest BCUT2D eigenvalue weighted by molar-refractivity contribution is 0.0994. The number of amides is 1. The number of carbonyl (C=O) groups is 1.